The lowest BCUT2D eigenvalue weighted by Crippen LogP contribution is -2.45. The fraction of sp³-hybridized carbons (Fsp3) is 0.700. The molecule has 1 fully saturated rings. The maximum Gasteiger partial charge on any atom is 0.206 e. The normalized spacial score (nSPS) is 18.5. The molecule has 1 saturated heterocycles. The first kappa shape index (κ1) is 11.0. The van der Waals surface area contributed by atoms with Gasteiger partial charge in [0.05, 0.1) is 0 Å². The molecular weight excluding hydrogens is 256 g/mol. The summed E-state index contributed by atoms with van der Waals surface area (Å²) in [5.41, 5.74) is 0. The van der Waals surface area contributed by atoms with Gasteiger partial charge >= 0.3 is 0 Å². The van der Waals surface area contributed by atoms with Gasteiger partial charge in [-0.1, -0.05) is 0 Å². The fourth-order valence-corrected chi connectivity index (χ4v) is 2.27. The average Bonchev–Trinajstić information content (AvgIpc) is 2.61. The molecule has 1 aliphatic rings. The summed E-state index contributed by atoms with van der Waals surface area (Å²) in [6, 6.07) is 0. The number of hydrogen-bond acceptors (Lipinski definition) is 3. The molecule has 5 heteroatoms. The van der Waals surface area contributed by atoms with E-state index in [1.807, 2.05) is 6.20 Å². The Kier molecular flexibility index (Phi) is 3.31. The highest BCUT2D eigenvalue weighted by Gasteiger charge is 2.18. The molecule has 0 amide bonds. The van der Waals surface area contributed by atoms with E-state index in [0.717, 1.165) is 43.3 Å². The van der Waals surface area contributed by atoms with Gasteiger partial charge in [-0.3, -0.25) is 0 Å². The molecule has 4 nitrogen and oxygen atoms in total. The molecule has 0 aliphatic carbocycles. The minimum Gasteiger partial charge on any atom is -0.340 e. The van der Waals surface area contributed by atoms with Crippen LogP contribution >= 0.6 is 15.9 Å². The Morgan fingerprint density at radius 2 is 2.00 bits per heavy atom. The zero-order valence-electron chi connectivity index (χ0n) is 9.28. The van der Waals surface area contributed by atoms with Crippen LogP contribution in [0, 0.1) is 0 Å². The molecule has 1 aromatic rings. The second-order valence-corrected chi connectivity index (χ2v) is 4.75. The van der Waals surface area contributed by atoms with E-state index in [2.05, 4.69) is 49.3 Å². The summed E-state index contributed by atoms with van der Waals surface area (Å²) in [5, 5.41) is 0. The molecule has 2 rings (SSSR count). The Labute approximate surface area is 99.0 Å². The van der Waals surface area contributed by atoms with Crippen LogP contribution in [-0.2, 0) is 6.54 Å². The summed E-state index contributed by atoms with van der Waals surface area (Å²) in [6.07, 6.45) is 2.05. The van der Waals surface area contributed by atoms with Gasteiger partial charge in [0, 0.05) is 38.9 Å². The molecule has 0 N–H and O–H groups in total. The van der Waals surface area contributed by atoms with E-state index in [4.69, 9.17) is 0 Å². The predicted octanol–water partition coefficient (Wildman–Crippen LogP) is 1.42. The maximum absolute atomic E-state index is 4.52. The van der Waals surface area contributed by atoms with Crippen molar-refractivity contribution in [3.63, 3.8) is 0 Å². The number of piperazine rings is 1. The van der Waals surface area contributed by atoms with Crippen LogP contribution in [-0.4, -0.2) is 47.7 Å². The van der Waals surface area contributed by atoms with Crippen molar-refractivity contribution in [3.05, 3.63) is 10.8 Å². The maximum atomic E-state index is 4.52. The Bertz CT molecular complexity index is 328. The van der Waals surface area contributed by atoms with Crippen molar-refractivity contribution in [1.82, 2.24) is 14.5 Å². The van der Waals surface area contributed by atoms with Crippen molar-refractivity contribution in [2.24, 2.45) is 0 Å². The zero-order chi connectivity index (χ0) is 10.8. The molecule has 1 aromatic heterocycles. The molecule has 0 radical (unpaired) electrons. The third-order valence-corrected chi connectivity index (χ3v) is 3.23. The Morgan fingerprint density at radius 1 is 1.33 bits per heavy atom. The first-order valence-corrected chi connectivity index (χ1v) is 6.16. The van der Waals surface area contributed by atoms with E-state index < -0.39 is 0 Å². The second kappa shape index (κ2) is 4.53. The number of rotatable bonds is 2. The average molecular weight is 273 g/mol. The number of anilines is 1. The number of nitrogens with zero attached hydrogens (tertiary/aromatic N) is 4. The van der Waals surface area contributed by atoms with Crippen LogP contribution in [0.25, 0.3) is 0 Å². The number of aromatic nitrogens is 2. The van der Waals surface area contributed by atoms with Crippen LogP contribution in [0.1, 0.15) is 6.92 Å². The zero-order valence-corrected chi connectivity index (χ0v) is 10.9. The van der Waals surface area contributed by atoms with Crippen molar-refractivity contribution >= 4 is 21.9 Å². The fourth-order valence-electron chi connectivity index (χ4n) is 1.87. The molecule has 15 heavy (non-hydrogen) atoms. The van der Waals surface area contributed by atoms with Crippen LogP contribution in [0.15, 0.2) is 10.8 Å². The highest BCUT2D eigenvalue weighted by molar-refractivity contribution is 9.10. The van der Waals surface area contributed by atoms with Gasteiger partial charge in [-0.25, -0.2) is 4.98 Å². The number of aryl methyl sites for hydroxylation is 1. The van der Waals surface area contributed by atoms with Gasteiger partial charge in [-0.05, 0) is 29.9 Å². The molecule has 0 saturated carbocycles. The third kappa shape index (κ3) is 2.34. The van der Waals surface area contributed by atoms with Crippen LogP contribution in [0.3, 0.4) is 0 Å². The molecular formula is C10H17BrN4. The highest BCUT2D eigenvalue weighted by Crippen LogP contribution is 2.19. The van der Waals surface area contributed by atoms with Gasteiger partial charge < -0.3 is 14.4 Å². The number of hydrogen-bond donors (Lipinski definition) is 0. The largest absolute Gasteiger partial charge is 0.340 e. The Balaban J connectivity index is 2.14. The third-order valence-electron chi connectivity index (χ3n) is 2.85. The van der Waals surface area contributed by atoms with Crippen molar-refractivity contribution in [2.75, 3.05) is 38.1 Å². The first-order chi connectivity index (χ1) is 7.20. The Hall–Kier alpha value is -0.550. The quantitative estimate of drug-likeness (QED) is 0.814. The van der Waals surface area contributed by atoms with E-state index in [1.54, 1.807) is 0 Å². The molecule has 0 bridgehead atoms. The summed E-state index contributed by atoms with van der Waals surface area (Å²) < 4.78 is 3.12. The van der Waals surface area contributed by atoms with Crippen LogP contribution in [0.5, 0.6) is 0 Å². The lowest BCUT2D eigenvalue weighted by atomic mass is 10.3. The van der Waals surface area contributed by atoms with Crippen LogP contribution < -0.4 is 4.90 Å². The molecule has 0 unspecified atom stereocenters. The molecule has 0 spiro atoms. The highest BCUT2D eigenvalue weighted by atomic mass is 79.9. The van der Waals surface area contributed by atoms with E-state index in [9.17, 15) is 0 Å². The van der Waals surface area contributed by atoms with Gasteiger partial charge in [0.1, 0.15) is 4.60 Å². The topological polar surface area (TPSA) is 24.3 Å². The molecule has 84 valence electrons. The first-order valence-electron chi connectivity index (χ1n) is 5.37. The van der Waals surface area contributed by atoms with Gasteiger partial charge in [-0.2, -0.15) is 0 Å². The summed E-state index contributed by atoms with van der Waals surface area (Å²) in [6.45, 7) is 7.50. The molecule has 1 aliphatic heterocycles. The predicted molar refractivity (Wildman–Crippen MR) is 65.3 cm³/mol. The number of halogens is 1. The monoisotopic (exact) mass is 272 g/mol. The Morgan fingerprint density at radius 3 is 2.60 bits per heavy atom. The van der Waals surface area contributed by atoms with Gasteiger partial charge in [0.15, 0.2) is 0 Å². The van der Waals surface area contributed by atoms with Crippen molar-refractivity contribution in [3.8, 4) is 0 Å². The van der Waals surface area contributed by atoms with E-state index in [-0.39, 0.29) is 0 Å². The SMILES string of the molecule is CCn1cc(Br)nc1N1CCN(C)CC1. The summed E-state index contributed by atoms with van der Waals surface area (Å²) in [5.74, 6) is 1.09. The summed E-state index contributed by atoms with van der Waals surface area (Å²) >= 11 is 3.43. The lowest BCUT2D eigenvalue weighted by Gasteiger charge is -2.33. The lowest BCUT2D eigenvalue weighted by molar-refractivity contribution is 0.310. The van der Waals surface area contributed by atoms with Gasteiger partial charge in [-0.15, -0.1) is 0 Å². The minimum absolute atomic E-state index is 0.929. The van der Waals surface area contributed by atoms with Crippen molar-refractivity contribution in [1.29, 1.82) is 0 Å². The number of likely N-dealkylation sites (N-methyl/N-ethyl adjacent to an activating group) is 1. The standard InChI is InChI=1S/C10H17BrN4/c1-3-14-8-9(11)12-10(14)15-6-4-13(2)5-7-15/h8H,3-7H2,1-2H3. The van der Waals surface area contributed by atoms with Crippen LogP contribution in [0.2, 0.25) is 0 Å². The number of imidazole rings is 1. The van der Waals surface area contributed by atoms with Gasteiger partial charge in [0.2, 0.25) is 5.95 Å². The van der Waals surface area contributed by atoms with E-state index in [0.29, 0.717) is 0 Å². The molecule has 2 heterocycles. The summed E-state index contributed by atoms with van der Waals surface area (Å²) in [7, 11) is 2.17. The summed E-state index contributed by atoms with van der Waals surface area (Å²) in [4.78, 5) is 9.22. The second-order valence-electron chi connectivity index (χ2n) is 3.94. The van der Waals surface area contributed by atoms with Crippen molar-refractivity contribution in [2.45, 2.75) is 13.5 Å². The van der Waals surface area contributed by atoms with Crippen molar-refractivity contribution < 1.29 is 0 Å². The van der Waals surface area contributed by atoms with E-state index >= 15 is 0 Å². The molecule has 0 atom stereocenters. The smallest absolute Gasteiger partial charge is 0.206 e. The molecule has 0 aromatic carbocycles. The van der Waals surface area contributed by atoms with E-state index in [1.165, 1.54) is 0 Å². The van der Waals surface area contributed by atoms with Crippen LogP contribution in [0.4, 0.5) is 5.95 Å². The minimum atomic E-state index is 0.929. The van der Waals surface area contributed by atoms with Gasteiger partial charge in [0.25, 0.3) is 0 Å².